The Morgan fingerprint density at radius 2 is 2.22 bits per heavy atom. The van der Waals surface area contributed by atoms with Crippen LogP contribution in [-0.4, -0.2) is 15.1 Å². The molecule has 1 N–H and O–H groups in total. The highest BCUT2D eigenvalue weighted by Gasteiger charge is 1.92. The van der Waals surface area contributed by atoms with E-state index >= 15 is 0 Å². The minimum Gasteiger partial charge on any atom is -0.390 e. The van der Waals surface area contributed by atoms with Crippen molar-refractivity contribution in [3.63, 3.8) is 0 Å². The monoisotopic (exact) mass is 125 g/mol. The second kappa shape index (κ2) is 2.41. The van der Waals surface area contributed by atoms with Crippen LogP contribution in [0.4, 0.5) is 0 Å². The van der Waals surface area contributed by atoms with Gasteiger partial charge in [-0.1, -0.05) is 0 Å². The molecule has 9 heavy (non-hydrogen) atoms. The molecule has 0 unspecified atom stereocenters. The molecule has 0 aliphatic rings. The third-order valence-electron chi connectivity index (χ3n) is 0.844. The summed E-state index contributed by atoms with van der Waals surface area (Å²) in [7, 11) is 0. The highest BCUT2D eigenvalue weighted by molar-refractivity contribution is 5.03. The molecule has 0 fully saturated rings. The predicted octanol–water partition coefficient (Wildman–Crippen LogP) is 0.113. The van der Waals surface area contributed by atoms with E-state index in [1.54, 1.807) is 0 Å². The number of hydrogen-bond donors (Lipinski definition) is 1. The maximum atomic E-state index is 10.3. The number of aromatic nitrogens is 2. The Morgan fingerprint density at radius 1 is 1.44 bits per heavy atom. The first-order valence-corrected chi connectivity index (χ1v) is 2.41. The van der Waals surface area contributed by atoms with Crippen LogP contribution in [0.1, 0.15) is 5.69 Å². The quantitative estimate of drug-likeness (QED) is 0.579. The smallest absolute Gasteiger partial charge is 0.288 e. The van der Waals surface area contributed by atoms with E-state index in [1.807, 2.05) is 0 Å². The van der Waals surface area contributed by atoms with Crippen molar-refractivity contribution in [3.05, 3.63) is 18.1 Å². The molecule has 0 amide bonds. The SMILES string of the molecule is [O]c1cnc(CO)cn1. The van der Waals surface area contributed by atoms with Crippen molar-refractivity contribution in [2.45, 2.75) is 6.61 Å². The van der Waals surface area contributed by atoms with Crippen molar-refractivity contribution in [2.75, 3.05) is 0 Å². The van der Waals surface area contributed by atoms with Gasteiger partial charge in [-0.05, 0) is 0 Å². The number of hydrogen-bond acceptors (Lipinski definition) is 3. The third-order valence-corrected chi connectivity index (χ3v) is 0.844. The van der Waals surface area contributed by atoms with Gasteiger partial charge in [-0.15, -0.1) is 0 Å². The topological polar surface area (TPSA) is 65.9 Å². The molecule has 1 heterocycles. The number of rotatable bonds is 1. The standard InChI is InChI=1S/C5H5N2O2/c8-3-4-1-7-5(9)2-6-4/h1-2,8H,3H2. The minimum atomic E-state index is -0.382. The van der Waals surface area contributed by atoms with E-state index < -0.39 is 0 Å². The molecule has 0 aromatic carbocycles. The van der Waals surface area contributed by atoms with E-state index in [0.29, 0.717) is 5.69 Å². The zero-order valence-corrected chi connectivity index (χ0v) is 4.61. The van der Waals surface area contributed by atoms with Crippen LogP contribution < -0.4 is 0 Å². The second-order valence-corrected chi connectivity index (χ2v) is 1.50. The van der Waals surface area contributed by atoms with Gasteiger partial charge in [0.2, 0.25) is 0 Å². The van der Waals surface area contributed by atoms with Crippen molar-refractivity contribution in [2.24, 2.45) is 0 Å². The van der Waals surface area contributed by atoms with Crippen LogP contribution in [0.15, 0.2) is 12.4 Å². The molecule has 1 radical (unpaired) electrons. The molecule has 0 saturated heterocycles. The molecule has 0 bridgehead atoms. The van der Waals surface area contributed by atoms with Crippen LogP contribution in [0.2, 0.25) is 0 Å². The number of aliphatic hydroxyl groups excluding tert-OH is 1. The van der Waals surface area contributed by atoms with Crippen LogP contribution in [0.3, 0.4) is 0 Å². The fourth-order valence-corrected chi connectivity index (χ4v) is 0.425. The molecule has 1 aromatic heterocycles. The molecule has 0 aliphatic heterocycles. The Morgan fingerprint density at radius 3 is 2.67 bits per heavy atom. The third kappa shape index (κ3) is 1.36. The van der Waals surface area contributed by atoms with Gasteiger partial charge in [0.15, 0.2) is 0 Å². The molecule has 0 saturated carbocycles. The molecular formula is C5H5N2O2. The Kier molecular flexibility index (Phi) is 1.60. The highest BCUT2D eigenvalue weighted by atomic mass is 16.3. The summed E-state index contributed by atoms with van der Waals surface area (Å²) < 4.78 is 0. The summed E-state index contributed by atoms with van der Waals surface area (Å²) in [6, 6.07) is 0. The zero-order chi connectivity index (χ0) is 6.69. The largest absolute Gasteiger partial charge is 0.390 e. The second-order valence-electron chi connectivity index (χ2n) is 1.50. The van der Waals surface area contributed by atoms with E-state index in [-0.39, 0.29) is 12.5 Å². The van der Waals surface area contributed by atoms with Gasteiger partial charge in [-0.3, -0.25) is 10.1 Å². The first kappa shape index (κ1) is 5.97. The molecule has 47 valence electrons. The lowest BCUT2D eigenvalue weighted by molar-refractivity contribution is 0.274. The first-order chi connectivity index (χ1) is 4.33. The van der Waals surface area contributed by atoms with Gasteiger partial charge in [0.1, 0.15) is 0 Å². The van der Waals surface area contributed by atoms with E-state index in [1.165, 1.54) is 6.20 Å². The van der Waals surface area contributed by atoms with Gasteiger partial charge in [-0.2, -0.15) is 0 Å². The Hall–Kier alpha value is -1.16. The van der Waals surface area contributed by atoms with Crippen molar-refractivity contribution < 1.29 is 10.2 Å². The van der Waals surface area contributed by atoms with E-state index in [0.717, 1.165) is 6.20 Å². The van der Waals surface area contributed by atoms with Crippen LogP contribution in [0.25, 0.3) is 0 Å². The molecule has 4 heteroatoms. The molecular weight excluding hydrogens is 120 g/mol. The van der Waals surface area contributed by atoms with E-state index in [4.69, 9.17) is 5.11 Å². The lowest BCUT2D eigenvalue weighted by atomic mass is 10.5. The Labute approximate surface area is 51.8 Å². The summed E-state index contributed by atoms with van der Waals surface area (Å²) in [4.78, 5) is 6.94. The molecule has 0 spiro atoms. The Bertz CT molecular complexity index is 185. The molecule has 1 rings (SSSR count). The van der Waals surface area contributed by atoms with Crippen molar-refractivity contribution in [1.82, 2.24) is 9.97 Å². The molecule has 1 aromatic rings. The van der Waals surface area contributed by atoms with Crippen molar-refractivity contribution in [1.29, 1.82) is 0 Å². The van der Waals surface area contributed by atoms with Crippen LogP contribution in [0.5, 0.6) is 5.88 Å². The maximum Gasteiger partial charge on any atom is 0.288 e. The lowest BCUT2D eigenvalue weighted by Gasteiger charge is -1.89. The highest BCUT2D eigenvalue weighted by Crippen LogP contribution is 2.00. The van der Waals surface area contributed by atoms with Gasteiger partial charge in [0.05, 0.1) is 24.7 Å². The van der Waals surface area contributed by atoms with Gasteiger partial charge in [-0.25, -0.2) is 4.98 Å². The maximum absolute atomic E-state index is 10.3. The summed E-state index contributed by atoms with van der Waals surface area (Å²) in [6.07, 6.45) is 2.33. The normalized spacial score (nSPS) is 9.44. The Balaban J connectivity index is 2.88. The predicted molar refractivity (Wildman–Crippen MR) is 28.1 cm³/mol. The van der Waals surface area contributed by atoms with Crippen molar-refractivity contribution in [3.8, 4) is 5.88 Å². The van der Waals surface area contributed by atoms with Crippen LogP contribution >= 0.6 is 0 Å². The fourth-order valence-electron chi connectivity index (χ4n) is 0.425. The first-order valence-electron chi connectivity index (χ1n) is 2.41. The summed E-state index contributed by atoms with van der Waals surface area (Å²) >= 11 is 0. The molecule has 0 aliphatic carbocycles. The molecule has 0 atom stereocenters. The average molecular weight is 125 g/mol. The van der Waals surface area contributed by atoms with E-state index in [2.05, 4.69) is 9.97 Å². The zero-order valence-electron chi connectivity index (χ0n) is 4.61. The molecule has 4 nitrogen and oxygen atoms in total. The summed E-state index contributed by atoms with van der Waals surface area (Å²) in [6.45, 7) is -0.173. The fraction of sp³-hybridized carbons (Fsp3) is 0.200. The lowest BCUT2D eigenvalue weighted by Crippen LogP contribution is -1.87. The summed E-state index contributed by atoms with van der Waals surface area (Å²) in [5.74, 6) is -0.382. The van der Waals surface area contributed by atoms with Crippen molar-refractivity contribution >= 4 is 0 Å². The van der Waals surface area contributed by atoms with Gasteiger partial charge < -0.3 is 5.11 Å². The average Bonchev–Trinajstić information content (AvgIpc) is 1.90. The number of aliphatic hydroxyl groups is 1. The number of nitrogens with zero attached hydrogens (tertiary/aromatic N) is 2. The van der Waals surface area contributed by atoms with Crippen LogP contribution in [-0.2, 0) is 11.7 Å². The van der Waals surface area contributed by atoms with Gasteiger partial charge >= 0.3 is 0 Å². The van der Waals surface area contributed by atoms with Gasteiger partial charge in [0, 0.05) is 0 Å². The summed E-state index contributed by atoms with van der Waals surface area (Å²) in [5.41, 5.74) is 0.412. The van der Waals surface area contributed by atoms with Gasteiger partial charge in [0.25, 0.3) is 5.88 Å². The summed E-state index contributed by atoms with van der Waals surface area (Å²) in [5, 5.41) is 18.7. The van der Waals surface area contributed by atoms with E-state index in [9.17, 15) is 5.11 Å². The minimum absolute atomic E-state index is 0.173. The van der Waals surface area contributed by atoms with Crippen LogP contribution in [0, 0.1) is 0 Å².